The van der Waals surface area contributed by atoms with Crippen LogP contribution in [0.3, 0.4) is 0 Å². The van der Waals surface area contributed by atoms with Gasteiger partial charge in [-0.1, -0.05) is 0 Å². The Labute approximate surface area is 94.7 Å². The van der Waals surface area contributed by atoms with Crippen molar-refractivity contribution in [2.45, 2.75) is 32.8 Å². The van der Waals surface area contributed by atoms with E-state index in [4.69, 9.17) is 4.74 Å². The number of hydrogen-bond acceptors (Lipinski definition) is 4. The Balaban J connectivity index is 2.06. The SMILES string of the molecule is Cc1ncnc(OC2CCSCC2)c1C. The average Bonchev–Trinajstić information content (AvgIpc) is 2.26. The minimum Gasteiger partial charge on any atom is -0.474 e. The van der Waals surface area contributed by atoms with E-state index in [1.54, 1.807) is 6.33 Å². The lowest BCUT2D eigenvalue weighted by atomic mass is 10.2. The van der Waals surface area contributed by atoms with E-state index in [0.29, 0.717) is 6.10 Å². The molecular formula is C11H16N2OS. The molecule has 0 spiro atoms. The van der Waals surface area contributed by atoms with E-state index in [2.05, 4.69) is 9.97 Å². The second-order valence-corrected chi connectivity index (χ2v) is 5.04. The van der Waals surface area contributed by atoms with E-state index in [-0.39, 0.29) is 0 Å². The van der Waals surface area contributed by atoms with Gasteiger partial charge in [-0.2, -0.15) is 11.8 Å². The molecule has 0 aromatic carbocycles. The molecule has 0 radical (unpaired) electrons. The predicted octanol–water partition coefficient (Wildman–Crippen LogP) is 2.37. The van der Waals surface area contributed by atoms with Crippen molar-refractivity contribution in [1.29, 1.82) is 0 Å². The topological polar surface area (TPSA) is 35.0 Å². The molecular weight excluding hydrogens is 208 g/mol. The van der Waals surface area contributed by atoms with Crippen LogP contribution < -0.4 is 4.74 Å². The van der Waals surface area contributed by atoms with Crippen LogP contribution in [0.25, 0.3) is 0 Å². The fraction of sp³-hybridized carbons (Fsp3) is 0.636. The van der Waals surface area contributed by atoms with Crippen LogP contribution in [-0.2, 0) is 0 Å². The van der Waals surface area contributed by atoms with E-state index < -0.39 is 0 Å². The third-order valence-electron chi connectivity index (χ3n) is 2.74. The van der Waals surface area contributed by atoms with Crippen molar-refractivity contribution < 1.29 is 4.74 Å². The van der Waals surface area contributed by atoms with Gasteiger partial charge in [0.2, 0.25) is 5.88 Å². The molecule has 0 bridgehead atoms. The van der Waals surface area contributed by atoms with Crippen LogP contribution in [0.5, 0.6) is 5.88 Å². The molecule has 1 aliphatic rings. The zero-order valence-electron chi connectivity index (χ0n) is 9.19. The summed E-state index contributed by atoms with van der Waals surface area (Å²) in [5.74, 6) is 3.17. The third kappa shape index (κ3) is 2.62. The van der Waals surface area contributed by atoms with E-state index >= 15 is 0 Å². The summed E-state index contributed by atoms with van der Waals surface area (Å²) in [7, 11) is 0. The summed E-state index contributed by atoms with van der Waals surface area (Å²) in [6, 6.07) is 0. The largest absolute Gasteiger partial charge is 0.474 e. The van der Waals surface area contributed by atoms with E-state index in [0.717, 1.165) is 30.0 Å². The van der Waals surface area contributed by atoms with Gasteiger partial charge in [-0.25, -0.2) is 9.97 Å². The standard InChI is InChI=1S/C11H16N2OS/c1-8-9(2)12-7-13-11(8)14-10-3-5-15-6-4-10/h7,10H,3-6H2,1-2H3. The summed E-state index contributed by atoms with van der Waals surface area (Å²) < 4.78 is 5.90. The molecule has 0 amide bonds. The first-order chi connectivity index (χ1) is 7.27. The third-order valence-corrected chi connectivity index (χ3v) is 3.79. The Kier molecular flexibility index (Phi) is 3.46. The van der Waals surface area contributed by atoms with Crippen LogP contribution in [0.2, 0.25) is 0 Å². The summed E-state index contributed by atoms with van der Waals surface area (Å²) in [5.41, 5.74) is 2.07. The molecule has 1 fully saturated rings. The summed E-state index contributed by atoms with van der Waals surface area (Å²) in [6.07, 6.45) is 4.19. The first-order valence-electron chi connectivity index (χ1n) is 5.30. The second kappa shape index (κ2) is 4.84. The Morgan fingerprint density at radius 1 is 1.27 bits per heavy atom. The van der Waals surface area contributed by atoms with Crippen molar-refractivity contribution in [2.24, 2.45) is 0 Å². The van der Waals surface area contributed by atoms with Crippen LogP contribution in [0.15, 0.2) is 6.33 Å². The van der Waals surface area contributed by atoms with Gasteiger partial charge in [0.05, 0.1) is 0 Å². The van der Waals surface area contributed by atoms with Gasteiger partial charge in [-0.3, -0.25) is 0 Å². The number of nitrogens with zero attached hydrogens (tertiary/aromatic N) is 2. The molecule has 2 heterocycles. The molecule has 0 unspecified atom stereocenters. The van der Waals surface area contributed by atoms with E-state index in [1.807, 2.05) is 25.6 Å². The van der Waals surface area contributed by atoms with Crippen LogP contribution in [0.4, 0.5) is 0 Å². The summed E-state index contributed by atoms with van der Waals surface area (Å²) in [4.78, 5) is 8.33. The molecule has 1 saturated heterocycles. The van der Waals surface area contributed by atoms with E-state index in [9.17, 15) is 0 Å². The van der Waals surface area contributed by atoms with Gasteiger partial charge in [0.1, 0.15) is 12.4 Å². The second-order valence-electron chi connectivity index (χ2n) is 3.82. The minimum atomic E-state index is 0.347. The maximum atomic E-state index is 5.90. The number of ether oxygens (including phenoxy) is 1. The predicted molar refractivity (Wildman–Crippen MR) is 62.5 cm³/mol. The number of aromatic nitrogens is 2. The lowest BCUT2D eigenvalue weighted by molar-refractivity contribution is 0.182. The van der Waals surface area contributed by atoms with Crippen LogP contribution in [0.1, 0.15) is 24.1 Å². The molecule has 0 N–H and O–H groups in total. The summed E-state index contributed by atoms with van der Waals surface area (Å²) in [5, 5.41) is 0. The molecule has 0 atom stereocenters. The average molecular weight is 224 g/mol. The fourth-order valence-corrected chi connectivity index (χ4v) is 2.65. The lowest BCUT2D eigenvalue weighted by Gasteiger charge is -2.22. The molecule has 1 aromatic rings. The molecule has 2 rings (SSSR count). The number of hydrogen-bond donors (Lipinski definition) is 0. The molecule has 3 nitrogen and oxygen atoms in total. The highest BCUT2D eigenvalue weighted by molar-refractivity contribution is 7.99. The Hall–Kier alpha value is -0.770. The minimum absolute atomic E-state index is 0.347. The highest BCUT2D eigenvalue weighted by Gasteiger charge is 2.17. The van der Waals surface area contributed by atoms with Crippen molar-refractivity contribution in [2.75, 3.05) is 11.5 Å². The first kappa shape index (κ1) is 10.7. The highest BCUT2D eigenvalue weighted by Crippen LogP contribution is 2.23. The van der Waals surface area contributed by atoms with Crippen molar-refractivity contribution in [1.82, 2.24) is 9.97 Å². The Morgan fingerprint density at radius 3 is 2.73 bits per heavy atom. The van der Waals surface area contributed by atoms with Gasteiger partial charge in [0.15, 0.2) is 0 Å². The zero-order chi connectivity index (χ0) is 10.7. The number of thioether (sulfide) groups is 1. The molecule has 0 aliphatic carbocycles. The summed E-state index contributed by atoms with van der Waals surface area (Å²) in [6.45, 7) is 4.00. The maximum absolute atomic E-state index is 5.90. The van der Waals surface area contributed by atoms with Crippen LogP contribution >= 0.6 is 11.8 Å². The first-order valence-corrected chi connectivity index (χ1v) is 6.45. The normalized spacial score (nSPS) is 17.7. The molecule has 0 saturated carbocycles. The van der Waals surface area contributed by atoms with Gasteiger partial charge in [0, 0.05) is 11.3 Å². The van der Waals surface area contributed by atoms with E-state index in [1.165, 1.54) is 11.5 Å². The molecule has 82 valence electrons. The van der Waals surface area contributed by atoms with Crippen LogP contribution in [-0.4, -0.2) is 27.6 Å². The quantitative estimate of drug-likeness (QED) is 0.772. The molecule has 15 heavy (non-hydrogen) atoms. The van der Waals surface area contributed by atoms with Gasteiger partial charge in [0.25, 0.3) is 0 Å². The number of rotatable bonds is 2. The fourth-order valence-electron chi connectivity index (χ4n) is 1.59. The van der Waals surface area contributed by atoms with Crippen molar-refractivity contribution >= 4 is 11.8 Å². The Morgan fingerprint density at radius 2 is 2.00 bits per heavy atom. The van der Waals surface area contributed by atoms with Gasteiger partial charge in [-0.15, -0.1) is 0 Å². The summed E-state index contributed by atoms with van der Waals surface area (Å²) >= 11 is 2.00. The van der Waals surface area contributed by atoms with Crippen molar-refractivity contribution in [3.63, 3.8) is 0 Å². The smallest absolute Gasteiger partial charge is 0.219 e. The van der Waals surface area contributed by atoms with Gasteiger partial charge in [-0.05, 0) is 38.2 Å². The van der Waals surface area contributed by atoms with Crippen molar-refractivity contribution in [3.05, 3.63) is 17.6 Å². The lowest BCUT2D eigenvalue weighted by Crippen LogP contribution is -2.23. The maximum Gasteiger partial charge on any atom is 0.219 e. The van der Waals surface area contributed by atoms with Crippen molar-refractivity contribution in [3.8, 4) is 5.88 Å². The molecule has 1 aliphatic heterocycles. The van der Waals surface area contributed by atoms with Gasteiger partial charge >= 0.3 is 0 Å². The zero-order valence-corrected chi connectivity index (χ0v) is 10.0. The number of aryl methyl sites for hydroxylation is 1. The monoisotopic (exact) mass is 224 g/mol. The van der Waals surface area contributed by atoms with Crippen LogP contribution in [0, 0.1) is 13.8 Å². The molecule has 1 aromatic heterocycles. The molecule has 4 heteroatoms. The van der Waals surface area contributed by atoms with Gasteiger partial charge < -0.3 is 4.74 Å². The Bertz CT molecular complexity index is 337. The highest BCUT2D eigenvalue weighted by atomic mass is 32.2.